The van der Waals surface area contributed by atoms with E-state index in [9.17, 15) is 0 Å². The molecule has 274 valence electrons. The monoisotopic (exact) mass is 719 g/mol. The van der Waals surface area contributed by atoms with Crippen molar-refractivity contribution in [3.63, 3.8) is 0 Å². The maximum absolute atomic E-state index is 6.04. The highest BCUT2D eigenvalue weighted by molar-refractivity contribution is 5.94. The minimum Gasteiger partial charge on any atom is -0.496 e. The van der Waals surface area contributed by atoms with Crippen molar-refractivity contribution >= 4 is 28.6 Å². The summed E-state index contributed by atoms with van der Waals surface area (Å²) < 4.78 is 6.04. The van der Waals surface area contributed by atoms with Crippen molar-refractivity contribution < 1.29 is 4.74 Å². The van der Waals surface area contributed by atoms with E-state index in [1.54, 1.807) is 7.11 Å². The molecule has 0 aliphatic heterocycles. The Balaban J connectivity index is 1.35. The Morgan fingerprint density at radius 2 is 1.40 bits per heavy atom. The lowest BCUT2D eigenvalue weighted by Crippen LogP contribution is -2.23. The molecule has 0 spiro atoms. The molecule has 6 aromatic carbocycles. The number of ether oxygens (including phenoxy) is 1. The predicted octanol–water partition coefficient (Wildman–Crippen LogP) is 13.3. The first-order chi connectivity index (χ1) is 26.7. The van der Waals surface area contributed by atoms with Gasteiger partial charge in [0.05, 0.1) is 18.3 Å². The van der Waals surface area contributed by atoms with E-state index in [1.807, 2.05) is 24.3 Å². The van der Waals surface area contributed by atoms with Crippen molar-refractivity contribution in [3.05, 3.63) is 181 Å². The summed E-state index contributed by atoms with van der Waals surface area (Å²) in [5.74, 6) is 1.69. The maximum Gasteiger partial charge on any atom is 0.230 e. The van der Waals surface area contributed by atoms with Crippen LogP contribution in [0.5, 0.6) is 5.75 Å². The number of rotatable bonds is 13. The number of fused-ring (bicyclic) bond motifs is 1. The van der Waals surface area contributed by atoms with Crippen molar-refractivity contribution in [1.82, 2.24) is 9.97 Å². The van der Waals surface area contributed by atoms with Crippen LogP contribution in [0.1, 0.15) is 55.4 Å². The fraction of sp³-hybridized carbons (Fsp3) is 0.176. The number of para-hydroxylation sites is 2. The third-order valence-electron chi connectivity index (χ3n) is 10.8. The molecule has 0 radical (unpaired) electrons. The second-order valence-corrected chi connectivity index (χ2v) is 14.9. The topological polar surface area (TPSA) is 38.2 Å². The number of anilines is 2. The SMILES string of the molecule is C=CCc1cccc(-c2ccc(N(C)c3nc(-c4ccc(-c5ccccc5)cc4)c4ccccc4n3)c(C(C)CC(C)(C)c3ccccc3C=C)c2)c1OC. The summed E-state index contributed by atoms with van der Waals surface area (Å²) in [5.41, 5.74) is 13.1. The molecule has 4 heteroatoms. The van der Waals surface area contributed by atoms with Crippen LogP contribution in [-0.4, -0.2) is 24.1 Å². The summed E-state index contributed by atoms with van der Waals surface area (Å²) in [7, 11) is 3.83. The minimum atomic E-state index is -0.129. The van der Waals surface area contributed by atoms with Crippen LogP contribution in [0.4, 0.5) is 11.6 Å². The molecule has 0 saturated carbocycles. The van der Waals surface area contributed by atoms with Crippen molar-refractivity contribution in [2.75, 3.05) is 19.1 Å². The lowest BCUT2D eigenvalue weighted by molar-refractivity contribution is 0.412. The molecule has 1 atom stereocenters. The smallest absolute Gasteiger partial charge is 0.230 e. The third kappa shape index (κ3) is 7.59. The van der Waals surface area contributed by atoms with Crippen LogP contribution in [0.3, 0.4) is 0 Å². The number of hydrogen-bond acceptors (Lipinski definition) is 4. The van der Waals surface area contributed by atoms with E-state index in [0.717, 1.165) is 63.1 Å². The molecule has 1 aromatic heterocycles. The van der Waals surface area contributed by atoms with Crippen LogP contribution in [0.2, 0.25) is 0 Å². The quantitative estimate of drug-likeness (QED) is 0.111. The maximum atomic E-state index is 6.04. The number of allylic oxidation sites excluding steroid dienone is 1. The lowest BCUT2D eigenvalue weighted by atomic mass is 9.73. The number of nitrogens with zero attached hydrogens (tertiary/aromatic N) is 3. The second kappa shape index (κ2) is 16.0. The average molecular weight is 720 g/mol. The largest absolute Gasteiger partial charge is 0.496 e. The van der Waals surface area contributed by atoms with E-state index < -0.39 is 0 Å². The van der Waals surface area contributed by atoms with E-state index in [4.69, 9.17) is 14.7 Å². The van der Waals surface area contributed by atoms with Gasteiger partial charge in [-0.25, -0.2) is 9.97 Å². The summed E-state index contributed by atoms with van der Waals surface area (Å²) in [6.07, 6.45) is 5.53. The molecule has 7 aromatic rings. The number of hydrogen-bond donors (Lipinski definition) is 0. The number of benzene rings is 6. The van der Waals surface area contributed by atoms with Gasteiger partial charge in [0, 0.05) is 29.2 Å². The minimum absolute atomic E-state index is 0.129. The molecule has 0 saturated heterocycles. The van der Waals surface area contributed by atoms with Crippen molar-refractivity contribution in [2.45, 2.75) is 44.9 Å². The van der Waals surface area contributed by atoms with Crippen LogP contribution in [0.15, 0.2) is 159 Å². The second-order valence-electron chi connectivity index (χ2n) is 14.9. The van der Waals surface area contributed by atoms with Crippen LogP contribution >= 0.6 is 0 Å². The molecule has 4 nitrogen and oxygen atoms in total. The average Bonchev–Trinajstić information content (AvgIpc) is 3.23. The van der Waals surface area contributed by atoms with Crippen LogP contribution in [0.25, 0.3) is 50.5 Å². The number of methoxy groups -OCH3 is 1. The van der Waals surface area contributed by atoms with Gasteiger partial charge in [0.1, 0.15) is 5.75 Å². The normalized spacial score (nSPS) is 11.9. The third-order valence-corrected chi connectivity index (χ3v) is 10.8. The standard InChI is InChI=1S/C51H49N3O/c1-8-18-40-22-17-24-42(49(40)55-7)41-31-32-47(44(33-41)35(3)34-51(4,5)45-25-15-13-19-36(45)9-2)54(6)50-52-46-26-16-14-23-43(46)48(53-50)39-29-27-38(28-30-39)37-20-11-10-12-21-37/h8-17,19-33,35H,1-2,18,34H2,3-7H3. The summed E-state index contributed by atoms with van der Waals surface area (Å²) in [4.78, 5) is 12.6. The molecule has 1 heterocycles. The van der Waals surface area contributed by atoms with E-state index >= 15 is 0 Å². The van der Waals surface area contributed by atoms with E-state index in [0.29, 0.717) is 5.95 Å². The molecule has 0 aliphatic rings. The Labute approximate surface area is 326 Å². The number of aromatic nitrogens is 2. The zero-order valence-corrected chi connectivity index (χ0v) is 32.6. The Bertz CT molecular complexity index is 2460. The summed E-state index contributed by atoms with van der Waals surface area (Å²) >= 11 is 0. The predicted molar refractivity (Wildman–Crippen MR) is 233 cm³/mol. The first-order valence-corrected chi connectivity index (χ1v) is 19.0. The molecule has 0 bridgehead atoms. The zero-order valence-electron chi connectivity index (χ0n) is 32.6. The molecule has 0 fully saturated rings. The van der Waals surface area contributed by atoms with Crippen LogP contribution in [-0.2, 0) is 11.8 Å². The molecule has 7 rings (SSSR count). The molecule has 0 amide bonds. The molecular formula is C51H49N3O. The molecule has 55 heavy (non-hydrogen) atoms. The van der Waals surface area contributed by atoms with E-state index in [1.165, 1.54) is 27.8 Å². The van der Waals surface area contributed by atoms with Gasteiger partial charge in [0.25, 0.3) is 0 Å². The van der Waals surface area contributed by atoms with Crippen molar-refractivity contribution in [2.24, 2.45) is 0 Å². The zero-order chi connectivity index (χ0) is 38.5. The highest BCUT2D eigenvalue weighted by Crippen LogP contribution is 2.44. The fourth-order valence-corrected chi connectivity index (χ4v) is 8.06. The Morgan fingerprint density at radius 1 is 0.727 bits per heavy atom. The lowest BCUT2D eigenvalue weighted by Gasteiger charge is -2.32. The van der Waals surface area contributed by atoms with Gasteiger partial charge >= 0.3 is 0 Å². The van der Waals surface area contributed by atoms with Gasteiger partial charge in [0.2, 0.25) is 5.95 Å². The van der Waals surface area contributed by atoms with E-state index in [-0.39, 0.29) is 11.3 Å². The van der Waals surface area contributed by atoms with Gasteiger partial charge in [-0.3, -0.25) is 0 Å². The van der Waals surface area contributed by atoms with Gasteiger partial charge in [-0.1, -0.05) is 161 Å². The van der Waals surface area contributed by atoms with Gasteiger partial charge in [-0.05, 0) is 81.3 Å². The van der Waals surface area contributed by atoms with Gasteiger partial charge in [-0.15, -0.1) is 6.58 Å². The van der Waals surface area contributed by atoms with Crippen molar-refractivity contribution in [1.29, 1.82) is 0 Å². The first kappa shape index (κ1) is 37.1. The first-order valence-electron chi connectivity index (χ1n) is 19.0. The highest BCUT2D eigenvalue weighted by atomic mass is 16.5. The Morgan fingerprint density at radius 3 is 2.15 bits per heavy atom. The molecule has 0 N–H and O–H groups in total. The fourth-order valence-electron chi connectivity index (χ4n) is 8.06. The molecular weight excluding hydrogens is 671 g/mol. The summed E-state index contributed by atoms with van der Waals surface area (Å²) in [5, 5.41) is 1.02. The summed E-state index contributed by atoms with van der Waals surface area (Å²) in [6, 6.07) is 49.1. The van der Waals surface area contributed by atoms with Crippen LogP contribution < -0.4 is 9.64 Å². The molecule has 1 unspecified atom stereocenters. The molecule has 0 aliphatic carbocycles. The Hall–Kier alpha value is -6.26. The van der Waals surface area contributed by atoms with Crippen molar-refractivity contribution in [3.8, 4) is 39.3 Å². The van der Waals surface area contributed by atoms with Gasteiger partial charge in [-0.2, -0.15) is 0 Å². The van der Waals surface area contributed by atoms with Crippen LogP contribution in [0, 0.1) is 0 Å². The van der Waals surface area contributed by atoms with Gasteiger partial charge < -0.3 is 9.64 Å². The van der Waals surface area contributed by atoms with E-state index in [2.05, 4.69) is 173 Å². The highest BCUT2D eigenvalue weighted by Gasteiger charge is 2.28. The summed E-state index contributed by atoms with van der Waals surface area (Å²) in [6.45, 7) is 15.1. The Kier molecular flexibility index (Phi) is 10.8. The van der Waals surface area contributed by atoms with Gasteiger partial charge in [0.15, 0.2) is 0 Å².